The van der Waals surface area contributed by atoms with Gasteiger partial charge in [0.05, 0.1) is 29.9 Å². The van der Waals surface area contributed by atoms with E-state index < -0.39 is 13.1 Å². The molecule has 28 heavy (non-hydrogen) atoms. The summed E-state index contributed by atoms with van der Waals surface area (Å²) in [6, 6.07) is 6.77. The van der Waals surface area contributed by atoms with Crippen molar-refractivity contribution in [1.82, 2.24) is 24.8 Å². The van der Waals surface area contributed by atoms with Gasteiger partial charge in [0, 0.05) is 25.1 Å². The number of nitrogens with zero attached hydrogens (tertiary/aromatic N) is 5. The second kappa shape index (κ2) is 7.21. The monoisotopic (exact) mass is 381 g/mol. The first-order valence-corrected chi connectivity index (χ1v) is 9.07. The van der Waals surface area contributed by atoms with Crippen LogP contribution in [-0.2, 0) is 11.8 Å². The number of carbonyl (C=O) groups is 1. The minimum Gasteiger partial charge on any atom is -0.462 e. The highest BCUT2D eigenvalue weighted by Crippen LogP contribution is 2.55. The maximum Gasteiger partial charge on any atom is 0.488 e. The lowest BCUT2D eigenvalue weighted by Gasteiger charge is -2.11. The molecule has 144 valence electrons. The van der Waals surface area contributed by atoms with Crippen molar-refractivity contribution in [2.75, 3.05) is 6.61 Å². The van der Waals surface area contributed by atoms with Crippen LogP contribution in [0.3, 0.4) is 0 Å². The topological polar surface area (TPSA) is 115 Å². The van der Waals surface area contributed by atoms with Crippen LogP contribution in [0, 0.1) is 0 Å². The molecule has 4 rings (SSSR count). The summed E-state index contributed by atoms with van der Waals surface area (Å²) in [5, 5.41) is 31.5. The molecular weight excluding hydrogens is 361 g/mol. The van der Waals surface area contributed by atoms with E-state index in [1.54, 1.807) is 40.6 Å². The molecule has 0 unspecified atom stereocenters. The van der Waals surface area contributed by atoms with Gasteiger partial charge in [-0.05, 0) is 30.9 Å². The summed E-state index contributed by atoms with van der Waals surface area (Å²) in [4.78, 5) is 12.5. The number of hydrogen-bond donors (Lipinski definition) is 2. The Hall–Kier alpha value is -2.98. The molecule has 1 saturated carbocycles. The lowest BCUT2D eigenvalue weighted by molar-refractivity contribution is 0.0525. The largest absolute Gasteiger partial charge is 0.488 e. The molecule has 2 atom stereocenters. The van der Waals surface area contributed by atoms with Crippen molar-refractivity contribution in [2.24, 2.45) is 7.05 Å². The van der Waals surface area contributed by atoms with Crippen LogP contribution in [0.5, 0.6) is 0 Å². The van der Waals surface area contributed by atoms with E-state index in [9.17, 15) is 14.8 Å². The third-order valence-electron chi connectivity index (χ3n) is 4.86. The van der Waals surface area contributed by atoms with Crippen molar-refractivity contribution in [3.63, 3.8) is 0 Å². The molecule has 2 N–H and O–H groups in total. The highest BCUT2D eigenvalue weighted by atomic mass is 16.5. The molecule has 9 nitrogen and oxygen atoms in total. The van der Waals surface area contributed by atoms with E-state index in [1.165, 1.54) is 6.20 Å². The van der Waals surface area contributed by atoms with Crippen LogP contribution in [0.1, 0.15) is 46.9 Å². The molecule has 0 aliphatic heterocycles. The summed E-state index contributed by atoms with van der Waals surface area (Å²) >= 11 is 0. The van der Waals surface area contributed by atoms with Crippen LogP contribution in [0.25, 0.3) is 5.69 Å². The second-order valence-electron chi connectivity index (χ2n) is 6.81. The van der Waals surface area contributed by atoms with Crippen LogP contribution < -0.4 is 5.46 Å². The Kier molecular flexibility index (Phi) is 4.74. The molecule has 0 bridgehead atoms. The molecule has 1 aliphatic carbocycles. The Morgan fingerprint density at radius 2 is 2.18 bits per heavy atom. The SMILES string of the molecule is CCOC(=O)c1cnn(-c2cccc(B(O)O)c2)c1[C@@H]1C[C@H]1c1cn(C)nn1. The molecule has 3 aromatic rings. The van der Waals surface area contributed by atoms with Gasteiger partial charge in [0.15, 0.2) is 0 Å². The van der Waals surface area contributed by atoms with Crippen molar-refractivity contribution in [3.05, 3.63) is 53.6 Å². The predicted octanol–water partition coefficient (Wildman–Crippen LogP) is 0.128. The molecule has 0 spiro atoms. The number of ether oxygens (including phenoxy) is 1. The van der Waals surface area contributed by atoms with Gasteiger partial charge in [-0.1, -0.05) is 17.3 Å². The third kappa shape index (κ3) is 3.32. The Bertz CT molecular complexity index is 1020. The quantitative estimate of drug-likeness (QED) is 0.461. The van der Waals surface area contributed by atoms with Gasteiger partial charge >= 0.3 is 13.1 Å². The second-order valence-corrected chi connectivity index (χ2v) is 6.81. The van der Waals surface area contributed by atoms with Crippen molar-refractivity contribution in [3.8, 4) is 5.69 Å². The van der Waals surface area contributed by atoms with Crippen molar-refractivity contribution in [1.29, 1.82) is 0 Å². The van der Waals surface area contributed by atoms with Gasteiger partial charge in [-0.25, -0.2) is 9.48 Å². The molecule has 1 fully saturated rings. The van der Waals surface area contributed by atoms with E-state index in [0.717, 1.165) is 17.8 Å². The van der Waals surface area contributed by atoms with Crippen LogP contribution in [0.15, 0.2) is 36.7 Å². The van der Waals surface area contributed by atoms with Crippen LogP contribution in [0.4, 0.5) is 0 Å². The van der Waals surface area contributed by atoms with E-state index in [0.29, 0.717) is 16.7 Å². The zero-order valence-electron chi connectivity index (χ0n) is 15.6. The molecule has 0 radical (unpaired) electrons. The van der Waals surface area contributed by atoms with Crippen LogP contribution >= 0.6 is 0 Å². The Balaban J connectivity index is 1.76. The highest BCUT2D eigenvalue weighted by molar-refractivity contribution is 6.58. The average molecular weight is 381 g/mol. The van der Waals surface area contributed by atoms with E-state index in [1.807, 2.05) is 13.2 Å². The summed E-state index contributed by atoms with van der Waals surface area (Å²) in [5.41, 5.74) is 3.00. The summed E-state index contributed by atoms with van der Waals surface area (Å²) < 4.78 is 8.52. The Morgan fingerprint density at radius 1 is 1.36 bits per heavy atom. The lowest BCUT2D eigenvalue weighted by atomic mass is 9.80. The fourth-order valence-corrected chi connectivity index (χ4v) is 3.46. The highest BCUT2D eigenvalue weighted by Gasteiger charge is 2.46. The molecule has 10 heteroatoms. The first-order chi connectivity index (χ1) is 13.5. The fraction of sp³-hybridized carbons (Fsp3) is 0.333. The van der Waals surface area contributed by atoms with E-state index in [2.05, 4.69) is 15.4 Å². The number of carbonyl (C=O) groups excluding carboxylic acids is 1. The Morgan fingerprint density at radius 3 is 2.86 bits per heavy atom. The lowest BCUT2D eigenvalue weighted by Crippen LogP contribution is -2.30. The van der Waals surface area contributed by atoms with Crippen molar-refractivity contribution in [2.45, 2.75) is 25.2 Å². The standard InChI is InChI=1S/C18H20BN5O4/c1-3-28-18(25)15-9-20-24(12-6-4-5-11(7-12)19(26)27)17(15)14-8-13(14)16-10-23(2)22-21-16/h4-7,9-10,13-14,26-27H,3,8H2,1-2H3/t13-,14-/m1/s1. The first-order valence-electron chi connectivity index (χ1n) is 9.07. The number of esters is 1. The van der Waals surface area contributed by atoms with Gasteiger partial charge in [-0.3, -0.25) is 4.68 Å². The van der Waals surface area contributed by atoms with Crippen molar-refractivity contribution >= 4 is 18.6 Å². The van der Waals surface area contributed by atoms with Crippen molar-refractivity contribution < 1.29 is 19.6 Å². The van der Waals surface area contributed by atoms with Gasteiger partial charge in [0.2, 0.25) is 0 Å². The number of aryl methyl sites for hydroxylation is 1. The van der Waals surface area contributed by atoms with E-state index in [-0.39, 0.29) is 18.4 Å². The number of rotatable bonds is 6. The van der Waals surface area contributed by atoms with Gasteiger partial charge in [0.25, 0.3) is 0 Å². The zero-order chi connectivity index (χ0) is 19.8. The maximum absolute atomic E-state index is 12.5. The third-order valence-corrected chi connectivity index (χ3v) is 4.86. The minimum absolute atomic E-state index is 0.0429. The molecule has 0 amide bonds. The number of hydrogen-bond acceptors (Lipinski definition) is 7. The fourth-order valence-electron chi connectivity index (χ4n) is 3.46. The smallest absolute Gasteiger partial charge is 0.462 e. The van der Waals surface area contributed by atoms with Crippen LogP contribution in [0.2, 0.25) is 0 Å². The predicted molar refractivity (Wildman–Crippen MR) is 100 cm³/mol. The number of benzene rings is 1. The maximum atomic E-state index is 12.5. The molecular formula is C18H20BN5O4. The van der Waals surface area contributed by atoms with E-state index in [4.69, 9.17) is 4.74 Å². The molecule has 0 saturated heterocycles. The van der Waals surface area contributed by atoms with Gasteiger partial charge in [0.1, 0.15) is 5.56 Å². The zero-order valence-corrected chi connectivity index (χ0v) is 15.6. The van der Waals surface area contributed by atoms with Gasteiger partial charge in [-0.15, -0.1) is 5.10 Å². The molecule has 2 heterocycles. The molecule has 1 aromatic carbocycles. The summed E-state index contributed by atoms with van der Waals surface area (Å²) in [5.74, 6) is -0.239. The summed E-state index contributed by atoms with van der Waals surface area (Å²) in [7, 11) is 0.227. The average Bonchev–Trinajstić information content (AvgIpc) is 3.13. The molecule has 1 aliphatic rings. The minimum atomic E-state index is -1.59. The molecule has 2 aromatic heterocycles. The van der Waals surface area contributed by atoms with Crippen LogP contribution in [-0.4, -0.2) is 54.5 Å². The van der Waals surface area contributed by atoms with Gasteiger partial charge < -0.3 is 14.8 Å². The Labute approximate surface area is 161 Å². The summed E-state index contributed by atoms with van der Waals surface area (Å²) in [6.07, 6.45) is 4.19. The first kappa shape index (κ1) is 18.4. The number of aromatic nitrogens is 5. The van der Waals surface area contributed by atoms with E-state index >= 15 is 0 Å². The van der Waals surface area contributed by atoms with Gasteiger partial charge in [-0.2, -0.15) is 5.10 Å². The summed E-state index contributed by atoms with van der Waals surface area (Å²) in [6.45, 7) is 2.03. The normalized spacial score (nSPS) is 18.1.